The quantitative estimate of drug-likeness (QED) is 0.774. The van der Waals surface area contributed by atoms with Gasteiger partial charge in [0.05, 0.1) is 23.8 Å². The SMILES string of the molecule is NCc1ccc(-c2cncc(-c3ccc(CN)cc3)n2)cc1. The van der Waals surface area contributed by atoms with Gasteiger partial charge in [0.15, 0.2) is 0 Å². The van der Waals surface area contributed by atoms with Crippen LogP contribution in [0.2, 0.25) is 0 Å². The second kappa shape index (κ2) is 6.47. The van der Waals surface area contributed by atoms with Crippen LogP contribution in [0, 0.1) is 0 Å². The Hall–Kier alpha value is -2.56. The monoisotopic (exact) mass is 290 g/mol. The summed E-state index contributed by atoms with van der Waals surface area (Å²) in [4.78, 5) is 9.01. The van der Waals surface area contributed by atoms with Gasteiger partial charge < -0.3 is 11.5 Å². The zero-order valence-corrected chi connectivity index (χ0v) is 12.2. The Labute approximate surface area is 129 Å². The van der Waals surface area contributed by atoms with E-state index in [1.54, 1.807) is 12.4 Å². The molecule has 3 aromatic rings. The van der Waals surface area contributed by atoms with Crippen molar-refractivity contribution in [2.45, 2.75) is 13.1 Å². The number of hydrogen-bond donors (Lipinski definition) is 2. The fourth-order valence-electron chi connectivity index (χ4n) is 2.27. The molecule has 0 fully saturated rings. The first kappa shape index (κ1) is 14.4. The molecule has 0 amide bonds. The van der Waals surface area contributed by atoms with E-state index in [9.17, 15) is 0 Å². The number of nitrogens with zero attached hydrogens (tertiary/aromatic N) is 2. The van der Waals surface area contributed by atoms with E-state index >= 15 is 0 Å². The average molecular weight is 290 g/mol. The van der Waals surface area contributed by atoms with Gasteiger partial charge in [-0.15, -0.1) is 0 Å². The molecule has 3 rings (SSSR count). The van der Waals surface area contributed by atoms with Gasteiger partial charge in [-0.3, -0.25) is 4.98 Å². The molecule has 4 N–H and O–H groups in total. The molecule has 0 spiro atoms. The molecule has 0 aliphatic heterocycles. The molecule has 0 saturated heterocycles. The zero-order chi connectivity index (χ0) is 15.4. The van der Waals surface area contributed by atoms with Crippen LogP contribution in [0.3, 0.4) is 0 Å². The van der Waals surface area contributed by atoms with Crippen LogP contribution in [-0.2, 0) is 13.1 Å². The fourth-order valence-corrected chi connectivity index (χ4v) is 2.27. The lowest BCUT2D eigenvalue weighted by Crippen LogP contribution is -1.96. The van der Waals surface area contributed by atoms with Gasteiger partial charge in [0.25, 0.3) is 0 Å². The zero-order valence-electron chi connectivity index (χ0n) is 12.2. The molecular formula is C18H18N4. The third-order valence-corrected chi connectivity index (χ3v) is 3.61. The van der Waals surface area contributed by atoms with Crippen molar-refractivity contribution >= 4 is 0 Å². The molecule has 0 radical (unpaired) electrons. The van der Waals surface area contributed by atoms with Crippen LogP contribution in [0.15, 0.2) is 60.9 Å². The molecule has 0 saturated carbocycles. The Morgan fingerprint density at radius 2 is 1.05 bits per heavy atom. The highest BCUT2D eigenvalue weighted by atomic mass is 14.8. The summed E-state index contributed by atoms with van der Waals surface area (Å²) in [5.41, 5.74) is 17.2. The first-order valence-corrected chi connectivity index (χ1v) is 7.21. The van der Waals surface area contributed by atoms with Crippen molar-refractivity contribution in [2.24, 2.45) is 11.5 Å². The predicted molar refractivity (Wildman–Crippen MR) is 88.7 cm³/mol. The molecule has 1 heterocycles. The van der Waals surface area contributed by atoms with Crippen LogP contribution in [0.5, 0.6) is 0 Å². The van der Waals surface area contributed by atoms with Crippen molar-refractivity contribution in [2.75, 3.05) is 0 Å². The van der Waals surface area contributed by atoms with Crippen molar-refractivity contribution < 1.29 is 0 Å². The third kappa shape index (κ3) is 3.03. The summed E-state index contributed by atoms with van der Waals surface area (Å²) in [6.45, 7) is 1.08. The van der Waals surface area contributed by atoms with Crippen LogP contribution < -0.4 is 11.5 Å². The van der Waals surface area contributed by atoms with Crippen molar-refractivity contribution in [1.82, 2.24) is 9.97 Å². The molecule has 2 aromatic carbocycles. The Morgan fingerprint density at radius 3 is 1.41 bits per heavy atom. The maximum absolute atomic E-state index is 5.63. The lowest BCUT2D eigenvalue weighted by atomic mass is 10.1. The van der Waals surface area contributed by atoms with E-state index in [0.717, 1.165) is 33.6 Å². The summed E-state index contributed by atoms with van der Waals surface area (Å²) in [5.74, 6) is 0. The molecule has 0 bridgehead atoms. The molecule has 0 aliphatic rings. The van der Waals surface area contributed by atoms with Crippen LogP contribution in [0.25, 0.3) is 22.5 Å². The third-order valence-electron chi connectivity index (χ3n) is 3.61. The molecule has 1 aromatic heterocycles. The van der Waals surface area contributed by atoms with E-state index in [-0.39, 0.29) is 0 Å². The molecule has 4 heteroatoms. The number of aromatic nitrogens is 2. The molecule has 4 nitrogen and oxygen atoms in total. The fraction of sp³-hybridized carbons (Fsp3) is 0.111. The highest BCUT2D eigenvalue weighted by molar-refractivity contribution is 5.65. The van der Waals surface area contributed by atoms with Gasteiger partial charge in [0, 0.05) is 24.2 Å². The highest BCUT2D eigenvalue weighted by Gasteiger charge is 2.04. The molecule has 0 aliphatic carbocycles. The molecular weight excluding hydrogens is 272 g/mol. The van der Waals surface area contributed by atoms with Gasteiger partial charge in [-0.25, -0.2) is 4.98 Å². The van der Waals surface area contributed by atoms with Crippen molar-refractivity contribution in [3.05, 3.63) is 72.1 Å². The van der Waals surface area contributed by atoms with Gasteiger partial charge in [-0.05, 0) is 11.1 Å². The van der Waals surface area contributed by atoms with E-state index in [1.807, 2.05) is 48.5 Å². The minimum absolute atomic E-state index is 0.541. The van der Waals surface area contributed by atoms with E-state index in [4.69, 9.17) is 16.5 Å². The maximum Gasteiger partial charge on any atom is 0.0892 e. The lowest BCUT2D eigenvalue weighted by Gasteiger charge is -2.06. The maximum atomic E-state index is 5.63. The molecule has 22 heavy (non-hydrogen) atoms. The lowest BCUT2D eigenvalue weighted by molar-refractivity contribution is 1.07. The molecule has 0 unspecified atom stereocenters. The second-order valence-electron chi connectivity index (χ2n) is 5.09. The van der Waals surface area contributed by atoms with E-state index < -0.39 is 0 Å². The van der Waals surface area contributed by atoms with Crippen molar-refractivity contribution in [3.63, 3.8) is 0 Å². The largest absolute Gasteiger partial charge is 0.326 e. The summed E-state index contributed by atoms with van der Waals surface area (Å²) in [6, 6.07) is 16.1. The molecule has 110 valence electrons. The second-order valence-corrected chi connectivity index (χ2v) is 5.09. The standard InChI is InChI=1S/C18H18N4/c19-9-13-1-5-15(6-2-13)17-11-21-12-18(22-17)16-7-3-14(10-20)4-8-16/h1-8,11-12H,9-10,19-20H2. The first-order valence-electron chi connectivity index (χ1n) is 7.21. The molecule has 0 atom stereocenters. The van der Waals surface area contributed by atoms with Crippen LogP contribution in [0.4, 0.5) is 0 Å². The number of benzene rings is 2. The Balaban J connectivity index is 1.93. The minimum Gasteiger partial charge on any atom is -0.326 e. The first-order chi connectivity index (χ1) is 10.8. The number of nitrogens with two attached hydrogens (primary N) is 2. The van der Waals surface area contributed by atoms with Gasteiger partial charge in [-0.2, -0.15) is 0 Å². The van der Waals surface area contributed by atoms with E-state index in [1.165, 1.54) is 0 Å². The Bertz CT molecular complexity index is 686. The van der Waals surface area contributed by atoms with Gasteiger partial charge >= 0.3 is 0 Å². The Kier molecular flexibility index (Phi) is 4.23. The van der Waals surface area contributed by atoms with Crippen LogP contribution in [-0.4, -0.2) is 9.97 Å². The topological polar surface area (TPSA) is 77.8 Å². The van der Waals surface area contributed by atoms with Crippen molar-refractivity contribution in [3.8, 4) is 22.5 Å². The van der Waals surface area contributed by atoms with Crippen LogP contribution >= 0.6 is 0 Å². The normalized spacial score (nSPS) is 10.6. The van der Waals surface area contributed by atoms with E-state index in [2.05, 4.69) is 4.98 Å². The summed E-state index contributed by atoms with van der Waals surface area (Å²) >= 11 is 0. The minimum atomic E-state index is 0.541. The smallest absolute Gasteiger partial charge is 0.0892 e. The number of hydrogen-bond acceptors (Lipinski definition) is 4. The highest BCUT2D eigenvalue weighted by Crippen LogP contribution is 2.22. The van der Waals surface area contributed by atoms with Crippen molar-refractivity contribution in [1.29, 1.82) is 0 Å². The summed E-state index contributed by atoms with van der Waals surface area (Å²) in [5, 5.41) is 0. The van der Waals surface area contributed by atoms with Gasteiger partial charge in [0.2, 0.25) is 0 Å². The predicted octanol–water partition coefficient (Wildman–Crippen LogP) is 2.73. The summed E-state index contributed by atoms with van der Waals surface area (Å²) < 4.78 is 0. The average Bonchev–Trinajstić information content (AvgIpc) is 2.62. The van der Waals surface area contributed by atoms with Crippen LogP contribution in [0.1, 0.15) is 11.1 Å². The Morgan fingerprint density at radius 1 is 0.636 bits per heavy atom. The van der Waals surface area contributed by atoms with Gasteiger partial charge in [-0.1, -0.05) is 48.5 Å². The summed E-state index contributed by atoms with van der Waals surface area (Å²) in [7, 11) is 0. The van der Waals surface area contributed by atoms with Gasteiger partial charge in [0.1, 0.15) is 0 Å². The van der Waals surface area contributed by atoms with E-state index in [0.29, 0.717) is 13.1 Å². The number of rotatable bonds is 4. The summed E-state index contributed by atoms with van der Waals surface area (Å²) in [6.07, 6.45) is 3.55.